The highest BCUT2D eigenvalue weighted by molar-refractivity contribution is 6.04. The first kappa shape index (κ1) is 24.4. The van der Waals surface area contributed by atoms with Crippen LogP contribution in [0, 0.1) is 5.82 Å². The Bertz CT molecular complexity index is 1540. The van der Waals surface area contributed by atoms with Gasteiger partial charge in [-0.1, -0.05) is 0 Å². The molecular formula is C27H26FN5O4. The van der Waals surface area contributed by atoms with Gasteiger partial charge in [0, 0.05) is 30.6 Å². The fourth-order valence-corrected chi connectivity index (χ4v) is 4.40. The zero-order valence-corrected chi connectivity index (χ0v) is 20.4. The van der Waals surface area contributed by atoms with Crippen molar-refractivity contribution in [3.63, 3.8) is 0 Å². The van der Waals surface area contributed by atoms with Gasteiger partial charge in [-0.3, -0.25) is 18.8 Å². The minimum Gasteiger partial charge on any atom is -0.371 e. The minimum atomic E-state index is -0.667. The zero-order chi connectivity index (χ0) is 26.2. The van der Waals surface area contributed by atoms with E-state index in [2.05, 4.69) is 20.6 Å². The van der Waals surface area contributed by atoms with Gasteiger partial charge in [-0.05, 0) is 74.2 Å². The molecule has 0 radical (unpaired) electrons. The number of imidazole rings is 1. The highest BCUT2D eigenvalue weighted by atomic mass is 19.1. The third-order valence-corrected chi connectivity index (χ3v) is 6.38. The largest absolute Gasteiger partial charge is 0.371 e. The van der Waals surface area contributed by atoms with Crippen molar-refractivity contribution in [3.8, 4) is 11.1 Å². The molecule has 5 rings (SSSR count). The van der Waals surface area contributed by atoms with Gasteiger partial charge in [-0.25, -0.2) is 9.37 Å². The van der Waals surface area contributed by atoms with Crippen molar-refractivity contribution in [1.29, 1.82) is 0 Å². The molecule has 2 amide bonds. The topological polar surface area (TPSA) is 118 Å². The smallest absolute Gasteiger partial charge is 0.274 e. The van der Waals surface area contributed by atoms with Gasteiger partial charge in [0.2, 0.25) is 5.56 Å². The summed E-state index contributed by atoms with van der Waals surface area (Å²) >= 11 is 0. The number of aromatic amines is 1. The molecule has 190 valence electrons. The molecule has 10 heteroatoms. The molecule has 4 heterocycles. The lowest BCUT2D eigenvalue weighted by Crippen LogP contribution is -2.33. The summed E-state index contributed by atoms with van der Waals surface area (Å²) in [7, 11) is 0. The number of nitrogens with zero attached hydrogens (tertiary/aromatic N) is 2. The average Bonchev–Trinajstić information content (AvgIpc) is 3.46. The number of carbonyl (C=O) groups excluding carboxylic acids is 2. The Morgan fingerprint density at radius 1 is 1.16 bits per heavy atom. The maximum Gasteiger partial charge on any atom is 0.274 e. The van der Waals surface area contributed by atoms with Crippen molar-refractivity contribution < 1.29 is 18.7 Å². The maximum absolute atomic E-state index is 14.5. The fourth-order valence-electron chi connectivity index (χ4n) is 4.40. The monoisotopic (exact) mass is 503 g/mol. The molecule has 1 saturated heterocycles. The standard InChI is InChI=1S/C27H26FN5O4/c1-27(2)9-7-19(37-27)14-31-25(35)17-3-5-20(28)21(11-17)32-26(36)22-15-29-23-12-16(8-10-33(22)23)18-4-6-24(34)30-13-18/h3-6,8,10-13,15,19H,7,9,14H2,1-2H3,(H,30,34)(H,31,35)(H,32,36). The van der Waals surface area contributed by atoms with Crippen molar-refractivity contribution in [3.05, 3.63) is 88.5 Å². The maximum atomic E-state index is 14.5. The summed E-state index contributed by atoms with van der Waals surface area (Å²) in [5.41, 5.74) is 1.98. The third kappa shape index (κ3) is 5.29. The Labute approximate surface area is 211 Å². The number of pyridine rings is 2. The van der Waals surface area contributed by atoms with Crippen molar-refractivity contribution in [1.82, 2.24) is 19.7 Å². The number of rotatable bonds is 6. The molecule has 1 unspecified atom stereocenters. The van der Waals surface area contributed by atoms with E-state index in [1.165, 1.54) is 24.4 Å². The average molecular weight is 504 g/mol. The summed E-state index contributed by atoms with van der Waals surface area (Å²) in [6.07, 6.45) is 6.35. The number of ether oxygens (including phenoxy) is 1. The molecule has 4 aromatic rings. The number of benzene rings is 1. The van der Waals surface area contributed by atoms with Crippen molar-refractivity contribution >= 4 is 23.1 Å². The molecule has 0 saturated carbocycles. The van der Waals surface area contributed by atoms with Crippen molar-refractivity contribution in [2.45, 2.75) is 38.4 Å². The van der Waals surface area contributed by atoms with Crippen LogP contribution >= 0.6 is 0 Å². The number of carbonyl (C=O) groups is 2. The zero-order valence-electron chi connectivity index (χ0n) is 20.4. The van der Waals surface area contributed by atoms with Crippen molar-refractivity contribution in [2.24, 2.45) is 0 Å². The Balaban J connectivity index is 1.30. The van der Waals surface area contributed by atoms with Gasteiger partial charge in [0.15, 0.2) is 0 Å². The summed E-state index contributed by atoms with van der Waals surface area (Å²) in [4.78, 5) is 43.9. The highest BCUT2D eigenvalue weighted by Gasteiger charge is 2.31. The van der Waals surface area contributed by atoms with Gasteiger partial charge in [0.1, 0.15) is 17.2 Å². The van der Waals surface area contributed by atoms with Crippen LogP contribution in [-0.4, -0.2) is 44.4 Å². The van der Waals surface area contributed by atoms with E-state index < -0.39 is 11.7 Å². The molecule has 1 aliphatic rings. The number of halogens is 1. The summed E-state index contributed by atoms with van der Waals surface area (Å²) < 4.78 is 22.0. The van der Waals surface area contributed by atoms with E-state index in [1.807, 2.05) is 13.8 Å². The van der Waals surface area contributed by atoms with Crippen LogP contribution in [0.3, 0.4) is 0 Å². The second kappa shape index (κ2) is 9.62. The first-order valence-corrected chi connectivity index (χ1v) is 11.9. The lowest BCUT2D eigenvalue weighted by atomic mass is 10.1. The Morgan fingerprint density at radius 2 is 2.00 bits per heavy atom. The fraction of sp³-hybridized carbons (Fsp3) is 0.259. The van der Waals surface area contributed by atoms with E-state index in [1.54, 1.807) is 35.0 Å². The molecule has 0 spiro atoms. The van der Waals surface area contributed by atoms with Crippen LogP contribution in [0.5, 0.6) is 0 Å². The van der Waals surface area contributed by atoms with Crippen LogP contribution in [-0.2, 0) is 4.74 Å². The molecule has 1 fully saturated rings. The number of H-pyrrole nitrogens is 1. The van der Waals surface area contributed by atoms with Crippen LogP contribution < -0.4 is 16.2 Å². The molecule has 3 aromatic heterocycles. The summed E-state index contributed by atoms with van der Waals surface area (Å²) in [6.45, 7) is 4.38. The van der Waals surface area contributed by atoms with Gasteiger partial charge in [-0.2, -0.15) is 0 Å². The number of hydrogen-bond donors (Lipinski definition) is 3. The number of hydrogen-bond acceptors (Lipinski definition) is 5. The molecule has 9 nitrogen and oxygen atoms in total. The van der Waals surface area contributed by atoms with E-state index >= 15 is 0 Å². The molecule has 0 bridgehead atoms. The number of amides is 2. The number of anilines is 1. The van der Waals surface area contributed by atoms with E-state index in [0.29, 0.717) is 12.2 Å². The van der Waals surface area contributed by atoms with E-state index in [-0.39, 0.29) is 40.1 Å². The highest BCUT2D eigenvalue weighted by Crippen LogP contribution is 2.29. The predicted octanol–water partition coefficient (Wildman–Crippen LogP) is 3.77. The van der Waals surface area contributed by atoms with Gasteiger partial charge in [0.05, 0.1) is 23.6 Å². The normalized spacial score (nSPS) is 16.6. The van der Waals surface area contributed by atoms with Gasteiger partial charge < -0.3 is 20.4 Å². The second-order valence-corrected chi connectivity index (χ2v) is 9.63. The molecule has 3 N–H and O–H groups in total. The van der Waals surface area contributed by atoms with Gasteiger partial charge in [-0.15, -0.1) is 0 Å². The van der Waals surface area contributed by atoms with Gasteiger partial charge in [0.25, 0.3) is 11.8 Å². The Morgan fingerprint density at radius 3 is 2.73 bits per heavy atom. The van der Waals surface area contributed by atoms with E-state index in [0.717, 1.165) is 30.0 Å². The summed E-state index contributed by atoms with van der Waals surface area (Å²) in [5.74, 6) is -1.63. The molecule has 1 atom stereocenters. The predicted molar refractivity (Wildman–Crippen MR) is 136 cm³/mol. The number of aromatic nitrogens is 3. The van der Waals surface area contributed by atoms with Gasteiger partial charge >= 0.3 is 0 Å². The SMILES string of the molecule is CC1(C)CCC(CNC(=O)c2ccc(F)c(NC(=O)c3cnc4cc(-c5ccc(=O)[nH]c5)ccn34)c2)O1. The van der Waals surface area contributed by atoms with Crippen molar-refractivity contribution in [2.75, 3.05) is 11.9 Å². The first-order chi connectivity index (χ1) is 17.7. The molecule has 1 aliphatic heterocycles. The van der Waals surface area contributed by atoms with Crippen LogP contribution in [0.4, 0.5) is 10.1 Å². The molecule has 37 heavy (non-hydrogen) atoms. The van der Waals surface area contributed by atoms with Crippen LogP contribution in [0.2, 0.25) is 0 Å². The molecule has 0 aliphatic carbocycles. The van der Waals surface area contributed by atoms with E-state index in [9.17, 15) is 18.8 Å². The second-order valence-electron chi connectivity index (χ2n) is 9.63. The van der Waals surface area contributed by atoms with Crippen LogP contribution in [0.15, 0.2) is 65.8 Å². The summed E-state index contributed by atoms with van der Waals surface area (Å²) in [5, 5.41) is 5.36. The van der Waals surface area contributed by atoms with E-state index in [4.69, 9.17) is 4.74 Å². The summed E-state index contributed by atoms with van der Waals surface area (Å²) in [6, 6.07) is 10.5. The number of fused-ring (bicyclic) bond motifs is 1. The number of nitrogens with one attached hydrogen (secondary N) is 3. The molecular weight excluding hydrogens is 477 g/mol. The first-order valence-electron chi connectivity index (χ1n) is 11.9. The lowest BCUT2D eigenvalue weighted by molar-refractivity contribution is -0.0138. The lowest BCUT2D eigenvalue weighted by Gasteiger charge is -2.19. The minimum absolute atomic E-state index is 0.0709. The quantitative estimate of drug-likeness (QED) is 0.370. The third-order valence-electron chi connectivity index (χ3n) is 6.38. The van der Waals surface area contributed by atoms with Crippen LogP contribution in [0.1, 0.15) is 47.5 Å². The molecule has 1 aromatic carbocycles. The Hall–Kier alpha value is -4.31. The van der Waals surface area contributed by atoms with Crippen LogP contribution in [0.25, 0.3) is 16.8 Å². The Kier molecular flexibility index (Phi) is 6.34.